The van der Waals surface area contributed by atoms with Gasteiger partial charge in [0.05, 0.1) is 34.1 Å². The number of hydrogen-bond donors (Lipinski definition) is 0. The Morgan fingerprint density at radius 2 is 0.615 bits per heavy atom. The molecule has 7 aromatic rings. The molecule has 11 rings (SSSR count). The minimum atomic E-state index is -0.160. The third-order valence-corrected chi connectivity index (χ3v) is 13.7. The maximum atomic E-state index is 2.62. The molecule has 0 saturated heterocycles. The van der Waals surface area contributed by atoms with Crippen molar-refractivity contribution in [1.29, 1.82) is 0 Å². The topological polar surface area (TPSA) is 6.48 Å². The van der Waals surface area contributed by atoms with Gasteiger partial charge in [0.2, 0.25) is 0 Å². The minimum Gasteiger partial charge on any atom is -0.309 e. The molecule has 0 unspecified atom stereocenters. The third-order valence-electron chi connectivity index (χ3n) is 13.7. The highest BCUT2D eigenvalue weighted by atomic mass is 15.2. The zero-order valence-electron chi connectivity index (χ0n) is 31.4. The molecule has 4 heterocycles. The van der Waals surface area contributed by atoms with Crippen LogP contribution >= 0.6 is 0 Å². The van der Waals surface area contributed by atoms with E-state index in [0.29, 0.717) is 0 Å². The van der Waals surface area contributed by atoms with Crippen molar-refractivity contribution in [2.45, 2.75) is 77.0 Å². The van der Waals surface area contributed by atoms with E-state index in [1.165, 1.54) is 100 Å². The van der Waals surface area contributed by atoms with Crippen LogP contribution < -0.4 is 9.80 Å². The van der Waals surface area contributed by atoms with Crippen molar-refractivity contribution in [1.82, 2.24) is 0 Å². The fraction of sp³-hybridized carbons (Fsp3) is 0.240. The number of anilines is 6. The van der Waals surface area contributed by atoms with E-state index in [1.54, 1.807) is 0 Å². The Bertz CT molecular complexity index is 2540. The smallest absolute Gasteiger partial charge is 0.0581 e. The van der Waals surface area contributed by atoms with Crippen LogP contribution in [0, 0.1) is 0 Å². The molecule has 0 saturated carbocycles. The van der Waals surface area contributed by atoms with E-state index >= 15 is 0 Å². The monoisotopic (exact) mass is 672 g/mol. The number of benzene rings is 7. The van der Waals surface area contributed by atoms with Gasteiger partial charge in [0, 0.05) is 32.4 Å². The molecule has 254 valence electrons. The molecule has 0 atom stereocenters. The van der Waals surface area contributed by atoms with Gasteiger partial charge in [0.25, 0.3) is 0 Å². The Morgan fingerprint density at radius 3 is 1.00 bits per heavy atom. The Morgan fingerprint density at radius 1 is 0.308 bits per heavy atom. The molecule has 0 bridgehead atoms. The van der Waals surface area contributed by atoms with Gasteiger partial charge in [0.1, 0.15) is 0 Å². The van der Waals surface area contributed by atoms with E-state index in [0.717, 1.165) is 0 Å². The lowest BCUT2D eigenvalue weighted by Crippen LogP contribution is -2.38. The first-order valence-electron chi connectivity index (χ1n) is 19.0. The van der Waals surface area contributed by atoms with Crippen LogP contribution in [-0.2, 0) is 21.7 Å². The molecule has 0 spiro atoms. The van der Waals surface area contributed by atoms with E-state index in [-0.39, 0.29) is 21.7 Å². The first kappa shape index (κ1) is 30.3. The first-order chi connectivity index (χ1) is 24.8. The molecule has 52 heavy (non-hydrogen) atoms. The molecule has 0 aliphatic carbocycles. The summed E-state index contributed by atoms with van der Waals surface area (Å²) in [4.78, 5) is 5.24. The number of fused-ring (bicyclic) bond motifs is 12. The highest BCUT2D eigenvalue weighted by Gasteiger charge is 2.48. The van der Waals surface area contributed by atoms with Crippen molar-refractivity contribution in [2.24, 2.45) is 0 Å². The predicted molar refractivity (Wildman–Crippen MR) is 219 cm³/mol. The van der Waals surface area contributed by atoms with Gasteiger partial charge in [-0.3, -0.25) is 0 Å². The molecule has 0 amide bonds. The van der Waals surface area contributed by atoms with Crippen molar-refractivity contribution < 1.29 is 0 Å². The Labute approximate surface area is 307 Å². The Hall–Kier alpha value is -5.34. The van der Waals surface area contributed by atoms with Crippen LogP contribution in [0.4, 0.5) is 34.1 Å². The molecule has 0 N–H and O–H groups in total. The van der Waals surface area contributed by atoms with Crippen molar-refractivity contribution in [3.63, 3.8) is 0 Å². The van der Waals surface area contributed by atoms with Gasteiger partial charge in [-0.15, -0.1) is 0 Å². The van der Waals surface area contributed by atoms with Crippen molar-refractivity contribution in [3.05, 3.63) is 166 Å². The second-order valence-electron chi connectivity index (χ2n) is 17.8. The largest absolute Gasteiger partial charge is 0.309 e. The SMILES string of the molecule is CC1(C)c2ccccc2N2c3c1cccc3C(C)(C)c1ccc3cc4c5c(ccc4cc3c12)C(C)(C)c1cccc2c1N5c1ccccc1C2(C)C. The van der Waals surface area contributed by atoms with Crippen molar-refractivity contribution in [3.8, 4) is 0 Å². The van der Waals surface area contributed by atoms with Crippen LogP contribution in [-0.4, -0.2) is 0 Å². The standard InChI is InChI=1S/C50H44N2/c1-47(2)33-15-9-11-21-41(33)51-43-31-27-30-24-26-40-44(32(30)28-29(31)23-25-39(43)49(5,6)37-19-13-17-35(47)45(37)51)52-42-22-12-10-16-34(42)48(3,4)36-18-14-20-38(46(36)52)50(40,7)8/h9-28H,1-8H3. The van der Waals surface area contributed by atoms with Gasteiger partial charge < -0.3 is 9.80 Å². The van der Waals surface area contributed by atoms with Gasteiger partial charge in [-0.25, -0.2) is 0 Å². The summed E-state index contributed by atoms with van der Waals surface area (Å²) < 4.78 is 0. The van der Waals surface area contributed by atoms with Gasteiger partial charge in [-0.2, -0.15) is 0 Å². The summed E-state index contributed by atoms with van der Waals surface area (Å²) in [6, 6.07) is 46.8. The van der Waals surface area contributed by atoms with Gasteiger partial charge >= 0.3 is 0 Å². The average molecular weight is 673 g/mol. The van der Waals surface area contributed by atoms with E-state index in [4.69, 9.17) is 0 Å². The molecular formula is C50H44N2. The predicted octanol–water partition coefficient (Wildman–Crippen LogP) is 13.5. The average Bonchev–Trinajstić information content (AvgIpc) is 3.13. The van der Waals surface area contributed by atoms with E-state index in [9.17, 15) is 0 Å². The molecule has 0 fully saturated rings. The second-order valence-corrected chi connectivity index (χ2v) is 17.8. The molecular weight excluding hydrogens is 629 g/mol. The van der Waals surface area contributed by atoms with Crippen LogP contribution in [0.2, 0.25) is 0 Å². The molecule has 0 radical (unpaired) electrons. The van der Waals surface area contributed by atoms with Crippen LogP contribution in [0.5, 0.6) is 0 Å². The summed E-state index contributed by atoms with van der Waals surface area (Å²) in [6.45, 7) is 19.3. The number of rotatable bonds is 0. The number of nitrogens with zero attached hydrogens (tertiary/aromatic N) is 2. The zero-order chi connectivity index (χ0) is 35.7. The quantitative estimate of drug-likeness (QED) is 0.148. The van der Waals surface area contributed by atoms with Gasteiger partial charge in [-0.1, -0.05) is 152 Å². The van der Waals surface area contributed by atoms with Crippen LogP contribution in [0.15, 0.2) is 121 Å². The van der Waals surface area contributed by atoms with Gasteiger partial charge in [-0.05, 0) is 79.5 Å². The van der Waals surface area contributed by atoms with Crippen molar-refractivity contribution >= 4 is 55.7 Å². The first-order valence-corrected chi connectivity index (χ1v) is 19.0. The van der Waals surface area contributed by atoms with Crippen LogP contribution in [0.3, 0.4) is 0 Å². The van der Waals surface area contributed by atoms with E-state index < -0.39 is 0 Å². The molecule has 7 aromatic carbocycles. The molecule has 2 nitrogen and oxygen atoms in total. The van der Waals surface area contributed by atoms with Crippen LogP contribution in [0.25, 0.3) is 21.5 Å². The molecule has 2 heteroatoms. The summed E-state index contributed by atoms with van der Waals surface area (Å²) in [7, 11) is 0. The molecule has 0 aromatic heterocycles. The van der Waals surface area contributed by atoms with E-state index in [1.807, 2.05) is 0 Å². The lowest BCUT2D eigenvalue weighted by molar-refractivity contribution is 0.598. The summed E-state index contributed by atoms with van der Waals surface area (Å²) in [6.07, 6.45) is 0. The lowest BCUT2D eigenvalue weighted by atomic mass is 9.65. The lowest BCUT2D eigenvalue weighted by Gasteiger charge is -2.50. The highest BCUT2D eigenvalue weighted by molar-refractivity contribution is 6.14. The zero-order valence-corrected chi connectivity index (χ0v) is 31.4. The summed E-state index contributed by atoms with van der Waals surface area (Å²) in [5.41, 5.74) is 18.5. The Kier molecular flexibility index (Phi) is 5.45. The van der Waals surface area contributed by atoms with Crippen molar-refractivity contribution in [2.75, 3.05) is 9.80 Å². The highest BCUT2D eigenvalue weighted by Crippen LogP contribution is 2.63. The number of hydrogen-bond acceptors (Lipinski definition) is 2. The molecule has 4 aliphatic heterocycles. The summed E-state index contributed by atoms with van der Waals surface area (Å²) in [5.74, 6) is 0. The van der Waals surface area contributed by atoms with E-state index in [2.05, 4.69) is 187 Å². The Balaban J connectivity index is 1.24. The summed E-state index contributed by atoms with van der Waals surface area (Å²) >= 11 is 0. The third kappa shape index (κ3) is 3.38. The fourth-order valence-electron chi connectivity index (χ4n) is 10.9. The maximum Gasteiger partial charge on any atom is 0.0581 e. The van der Waals surface area contributed by atoms with Gasteiger partial charge in [0.15, 0.2) is 0 Å². The number of para-hydroxylation sites is 4. The van der Waals surface area contributed by atoms with Crippen LogP contribution in [0.1, 0.15) is 99.9 Å². The second kappa shape index (κ2) is 9.36. The summed E-state index contributed by atoms with van der Waals surface area (Å²) in [5, 5.41) is 5.18. The fourth-order valence-corrected chi connectivity index (χ4v) is 10.9. The normalized spacial score (nSPS) is 18.5. The maximum absolute atomic E-state index is 2.62. The minimum absolute atomic E-state index is 0.108. The molecule has 4 aliphatic rings.